The van der Waals surface area contributed by atoms with Gasteiger partial charge < -0.3 is 0 Å². The lowest BCUT2D eigenvalue weighted by molar-refractivity contribution is 0.611. The van der Waals surface area contributed by atoms with Crippen LogP contribution in [0.25, 0.3) is 0 Å². The number of hydrogen-bond acceptors (Lipinski definition) is 0. The highest BCUT2D eigenvalue weighted by atomic mass is 14.0. The van der Waals surface area contributed by atoms with Gasteiger partial charge in [-0.05, 0) is 37.3 Å². The van der Waals surface area contributed by atoms with Crippen molar-refractivity contribution in [2.75, 3.05) is 0 Å². The molecule has 0 aromatic rings. The topological polar surface area (TPSA) is 0 Å². The number of unbranched alkanes of at least 4 members (excludes halogenated alkanes) is 6. The van der Waals surface area contributed by atoms with Gasteiger partial charge >= 0.3 is 0 Å². The van der Waals surface area contributed by atoms with Crippen LogP contribution in [0.3, 0.4) is 0 Å². The van der Waals surface area contributed by atoms with Gasteiger partial charge in [0, 0.05) is 0 Å². The van der Waals surface area contributed by atoms with E-state index in [0.29, 0.717) is 0 Å². The van der Waals surface area contributed by atoms with E-state index >= 15 is 0 Å². The highest BCUT2D eigenvalue weighted by Gasteiger charge is 1.89. The molecule has 0 aromatic heterocycles. The van der Waals surface area contributed by atoms with Crippen molar-refractivity contribution in [2.45, 2.75) is 78.6 Å². The third kappa shape index (κ3) is 10.0. The van der Waals surface area contributed by atoms with Crippen LogP contribution in [0.5, 0.6) is 0 Å². The summed E-state index contributed by atoms with van der Waals surface area (Å²) in [6.45, 7) is 6.62. The highest BCUT2D eigenvalue weighted by molar-refractivity contribution is 5.14. The zero-order valence-electron chi connectivity index (χ0n) is 11.5. The third-order valence-electron chi connectivity index (χ3n) is 2.83. The maximum absolute atomic E-state index is 3.38. The zero-order chi connectivity index (χ0) is 12.1. The highest BCUT2D eigenvalue weighted by Crippen LogP contribution is 2.09. The Hall–Kier alpha value is -0.520. The van der Waals surface area contributed by atoms with E-state index in [0.717, 1.165) is 12.8 Å². The number of rotatable bonds is 10. The van der Waals surface area contributed by atoms with Gasteiger partial charge in [0.05, 0.1) is 0 Å². The van der Waals surface area contributed by atoms with Gasteiger partial charge in [0.25, 0.3) is 0 Å². The van der Waals surface area contributed by atoms with Crippen LogP contribution in [0.2, 0.25) is 0 Å². The molecule has 0 saturated heterocycles. The summed E-state index contributed by atoms with van der Waals surface area (Å²) in [6, 6.07) is 0. The molecule has 0 nitrogen and oxygen atoms in total. The lowest BCUT2D eigenvalue weighted by atomic mass is 10.1. The van der Waals surface area contributed by atoms with Crippen LogP contribution in [0.1, 0.15) is 78.6 Å². The molecular formula is C16H29. The van der Waals surface area contributed by atoms with Crippen LogP contribution < -0.4 is 0 Å². The van der Waals surface area contributed by atoms with E-state index in [1.54, 1.807) is 0 Å². The molecule has 16 heavy (non-hydrogen) atoms. The van der Waals surface area contributed by atoms with Gasteiger partial charge in [-0.25, -0.2) is 0 Å². The average Bonchev–Trinajstić information content (AvgIpc) is 2.31. The maximum atomic E-state index is 3.38. The fourth-order valence-electron chi connectivity index (χ4n) is 1.80. The van der Waals surface area contributed by atoms with Crippen molar-refractivity contribution in [3.63, 3.8) is 0 Å². The molecule has 93 valence electrons. The summed E-state index contributed by atoms with van der Waals surface area (Å²) in [6.07, 6.45) is 19.7. The first-order valence-corrected chi connectivity index (χ1v) is 7.11. The van der Waals surface area contributed by atoms with E-state index in [2.05, 4.69) is 39.0 Å². The molecule has 0 aliphatic rings. The second kappa shape index (κ2) is 12.5. The number of hydrogen-bond donors (Lipinski definition) is 0. The second-order valence-corrected chi connectivity index (χ2v) is 4.37. The molecule has 0 amide bonds. The van der Waals surface area contributed by atoms with Crippen LogP contribution in [0.15, 0.2) is 17.7 Å². The molecule has 0 unspecified atom stereocenters. The van der Waals surface area contributed by atoms with Crippen molar-refractivity contribution in [3.8, 4) is 0 Å². The molecule has 0 heterocycles. The van der Waals surface area contributed by atoms with Crippen molar-refractivity contribution >= 4 is 0 Å². The van der Waals surface area contributed by atoms with E-state index in [-0.39, 0.29) is 0 Å². The molecule has 0 bridgehead atoms. The van der Waals surface area contributed by atoms with Crippen LogP contribution >= 0.6 is 0 Å². The van der Waals surface area contributed by atoms with Gasteiger partial charge in [-0.1, -0.05) is 65.0 Å². The molecule has 0 atom stereocenters. The van der Waals surface area contributed by atoms with Crippen LogP contribution in [0, 0.1) is 6.08 Å². The summed E-state index contributed by atoms with van der Waals surface area (Å²) < 4.78 is 0. The quantitative estimate of drug-likeness (QED) is 0.321. The summed E-state index contributed by atoms with van der Waals surface area (Å²) in [5.74, 6) is 0. The first kappa shape index (κ1) is 15.5. The Morgan fingerprint density at radius 3 is 2.25 bits per heavy atom. The summed E-state index contributed by atoms with van der Waals surface area (Å²) in [7, 11) is 0. The maximum Gasteiger partial charge on any atom is -0.0302 e. The molecule has 0 saturated carbocycles. The van der Waals surface area contributed by atoms with Crippen molar-refractivity contribution in [3.05, 3.63) is 23.8 Å². The van der Waals surface area contributed by atoms with Gasteiger partial charge in [-0.15, -0.1) is 0 Å². The normalized spacial score (nSPS) is 12.6. The Morgan fingerprint density at radius 1 is 0.938 bits per heavy atom. The van der Waals surface area contributed by atoms with Gasteiger partial charge in [0.15, 0.2) is 0 Å². The van der Waals surface area contributed by atoms with Crippen molar-refractivity contribution in [1.29, 1.82) is 0 Å². The summed E-state index contributed by atoms with van der Waals surface area (Å²) >= 11 is 0. The second-order valence-electron chi connectivity index (χ2n) is 4.37. The summed E-state index contributed by atoms with van der Waals surface area (Å²) in [5, 5.41) is 0. The molecule has 0 aliphatic carbocycles. The predicted molar refractivity (Wildman–Crippen MR) is 74.5 cm³/mol. The smallest absolute Gasteiger partial charge is 0.0302 e. The van der Waals surface area contributed by atoms with E-state index in [1.165, 1.54) is 50.5 Å². The molecular weight excluding hydrogens is 192 g/mol. The lowest BCUT2D eigenvalue weighted by Gasteiger charge is -1.98. The SMILES string of the molecule is CC/[C]=C(/C=CCCCCCCCC)CC. The molecule has 0 N–H and O–H groups in total. The van der Waals surface area contributed by atoms with Crippen molar-refractivity contribution in [2.24, 2.45) is 0 Å². The molecule has 0 fully saturated rings. The van der Waals surface area contributed by atoms with Crippen molar-refractivity contribution < 1.29 is 0 Å². The third-order valence-corrected chi connectivity index (χ3v) is 2.83. The van der Waals surface area contributed by atoms with E-state index in [4.69, 9.17) is 0 Å². The van der Waals surface area contributed by atoms with Gasteiger partial charge in [-0.3, -0.25) is 0 Å². The summed E-state index contributed by atoms with van der Waals surface area (Å²) in [5.41, 5.74) is 1.37. The largest absolute Gasteiger partial charge is 0.0843 e. The molecule has 0 spiro atoms. The molecule has 0 aromatic carbocycles. The van der Waals surface area contributed by atoms with Crippen LogP contribution in [-0.2, 0) is 0 Å². The molecule has 0 aliphatic heterocycles. The molecule has 0 rings (SSSR count). The van der Waals surface area contributed by atoms with E-state index in [9.17, 15) is 0 Å². The van der Waals surface area contributed by atoms with Crippen LogP contribution in [0.4, 0.5) is 0 Å². The van der Waals surface area contributed by atoms with Gasteiger partial charge in [0.2, 0.25) is 0 Å². The minimum atomic E-state index is 1.03. The minimum Gasteiger partial charge on any atom is -0.0843 e. The Kier molecular flexibility index (Phi) is 12.1. The minimum absolute atomic E-state index is 1.03. The standard InChI is InChI=1S/C16H29/c1-4-7-8-9-10-11-12-13-15-16(6-3)14-5-2/h13,15H,4-12H2,1-3H3. The molecule has 0 heteroatoms. The van der Waals surface area contributed by atoms with E-state index in [1.807, 2.05) is 0 Å². The Bertz CT molecular complexity index is 186. The summed E-state index contributed by atoms with van der Waals surface area (Å²) in [4.78, 5) is 0. The predicted octanol–water partition coefficient (Wildman–Crippen LogP) is 5.84. The van der Waals surface area contributed by atoms with Gasteiger partial charge in [0.1, 0.15) is 0 Å². The fraction of sp³-hybridized carbons (Fsp3) is 0.750. The van der Waals surface area contributed by atoms with Crippen molar-refractivity contribution in [1.82, 2.24) is 0 Å². The Balaban J connectivity index is 3.42. The zero-order valence-corrected chi connectivity index (χ0v) is 11.5. The average molecular weight is 221 g/mol. The van der Waals surface area contributed by atoms with Crippen LogP contribution in [-0.4, -0.2) is 0 Å². The van der Waals surface area contributed by atoms with Gasteiger partial charge in [-0.2, -0.15) is 0 Å². The first-order valence-electron chi connectivity index (χ1n) is 7.11. The Morgan fingerprint density at radius 2 is 1.62 bits per heavy atom. The fourth-order valence-corrected chi connectivity index (χ4v) is 1.80. The van der Waals surface area contributed by atoms with E-state index < -0.39 is 0 Å². The Labute approximate surface area is 103 Å². The monoisotopic (exact) mass is 221 g/mol. The number of allylic oxidation sites excluding steroid dienone is 4. The molecule has 1 radical (unpaired) electrons. The first-order chi connectivity index (χ1) is 7.85. The lowest BCUT2D eigenvalue weighted by Crippen LogP contribution is -1.79.